The molecule has 0 aliphatic rings. The molecule has 2 heterocycles. The lowest BCUT2D eigenvalue weighted by molar-refractivity contribution is 0.495. The summed E-state index contributed by atoms with van der Waals surface area (Å²) in [5, 5.41) is 7.63. The maximum atomic E-state index is 5.99. The van der Waals surface area contributed by atoms with Crippen LogP contribution in [0, 0.1) is 12.8 Å². The van der Waals surface area contributed by atoms with Crippen LogP contribution in [0.4, 0.5) is 10.8 Å². The monoisotopic (exact) mass is 296 g/mol. The topological polar surface area (TPSA) is 63.8 Å². The Labute approximate surface area is 122 Å². The number of aryl methyl sites for hydroxylation is 1. The number of nitrogen functional groups attached to an aromatic ring is 1. The van der Waals surface area contributed by atoms with Gasteiger partial charge in [-0.15, -0.1) is 11.3 Å². The van der Waals surface area contributed by atoms with Gasteiger partial charge in [-0.1, -0.05) is 20.3 Å². The van der Waals surface area contributed by atoms with Crippen LogP contribution in [0.2, 0.25) is 0 Å². The van der Waals surface area contributed by atoms with Crippen molar-refractivity contribution in [2.75, 3.05) is 11.1 Å². The van der Waals surface area contributed by atoms with Gasteiger partial charge in [0.25, 0.3) is 0 Å². The molecule has 0 amide bonds. The highest BCUT2D eigenvalue weighted by Gasteiger charge is 2.19. The Morgan fingerprint density at radius 1 is 1.42 bits per heavy atom. The molecule has 0 radical (unpaired) electrons. The van der Waals surface area contributed by atoms with Crippen LogP contribution < -0.4 is 11.1 Å². The van der Waals surface area contributed by atoms with E-state index < -0.39 is 0 Å². The van der Waals surface area contributed by atoms with Crippen molar-refractivity contribution in [3.63, 3.8) is 0 Å². The number of anilines is 2. The van der Waals surface area contributed by atoms with Crippen LogP contribution in [0.1, 0.15) is 32.2 Å². The van der Waals surface area contributed by atoms with Crippen molar-refractivity contribution in [2.24, 2.45) is 5.92 Å². The number of nitrogens with zero attached hydrogens (tertiary/aromatic N) is 2. The first-order valence-electron chi connectivity index (χ1n) is 6.47. The lowest BCUT2D eigenvalue weighted by Crippen LogP contribution is -2.22. The summed E-state index contributed by atoms with van der Waals surface area (Å²) in [7, 11) is 0. The highest BCUT2D eigenvalue weighted by molar-refractivity contribution is 7.11. The Morgan fingerprint density at radius 2 is 2.16 bits per heavy atom. The molecular weight excluding hydrogens is 276 g/mol. The van der Waals surface area contributed by atoms with Crippen molar-refractivity contribution >= 4 is 33.7 Å². The van der Waals surface area contributed by atoms with Gasteiger partial charge in [0.15, 0.2) is 0 Å². The molecule has 4 nitrogen and oxygen atoms in total. The van der Waals surface area contributed by atoms with Gasteiger partial charge in [-0.2, -0.15) is 4.37 Å². The Balaban J connectivity index is 2.28. The summed E-state index contributed by atoms with van der Waals surface area (Å²) in [6, 6.07) is 0.392. The van der Waals surface area contributed by atoms with Gasteiger partial charge in [0.2, 0.25) is 0 Å². The van der Waals surface area contributed by atoms with E-state index in [-0.39, 0.29) is 0 Å². The molecule has 3 N–H and O–H groups in total. The number of thiazole rings is 1. The molecule has 2 atom stereocenters. The smallest absolute Gasteiger partial charge is 0.148 e. The number of hydrogen-bond acceptors (Lipinski definition) is 6. The van der Waals surface area contributed by atoms with E-state index in [1.54, 1.807) is 11.3 Å². The standard InChI is InChI=1S/C13H20N4S2/c1-5-7(2)8(3)15-13-11(12(14)17-19-13)10-6-18-9(4)16-10/h6-8,15H,5H2,1-4H3,(H2,14,17). The summed E-state index contributed by atoms with van der Waals surface area (Å²) in [6.45, 7) is 8.64. The van der Waals surface area contributed by atoms with Gasteiger partial charge in [0.1, 0.15) is 10.8 Å². The largest absolute Gasteiger partial charge is 0.382 e. The second-order valence-electron chi connectivity index (χ2n) is 4.84. The molecule has 2 aromatic heterocycles. The SMILES string of the molecule is CCC(C)C(C)Nc1snc(N)c1-c1csc(C)n1. The first-order valence-corrected chi connectivity index (χ1v) is 8.12. The van der Waals surface area contributed by atoms with Crippen molar-refractivity contribution in [1.82, 2.24) is 9.36 Å². The molecule has 6 heteroatoms. The first-order chi connectivity index (χ1) is 9.02. The third-order valence-corrected chi connectivity index (χ3v) is 5.02. The third kappa shape index (κ3) is 3.06. The third-order valence-electron chi connectivity index (χ3n) is 3.45. The van der Waals surface area contributed by atoms with E-state index in [0.717, 1.165) is 27.7 Å². The van der Waals surface area contributed by atoms with Crippen molar-refractivity contribution < 1.29 is 0 Å². The van der Waals surface area contributed by atoms with Crippen LogP contribution in [0.25, 0.3) is 11.3 Å². The number of nitrogens with two attached hydrogens (primary N) is 1. The fourth-order valence-electron chi connectivity index (χ4n) is 1.83. The van der Waals surface area contributed by atoms with E-state index in [1.807, 2.05) is 12.3 Å². The Morgan fingerprint density at radius 3 is 2.74 bits per heavy atom. The zero-order valence-electron chi connectivity index (χ0n) is 11.7. The Bertz CT molecular complexity index is 547. The van der Waals surface area contributed by atoms with Crippen LogP contribution in [0.3, 0.4) is 0 Å². The molecule has 2 aromatic rings. The molecular formula is C13H20N4S2. The van der Waals surface area contributed by atoms with Gasteiger partial charge >= 0.3 is 0 Å². The Hall–Kier alpha value is -1.14. The minimum absolute atomic E-state index is 0.392. The van der Waals surface area contributed by atoms with Crippen molar-refractivity contribution in [3.8, 4) is 11.3 Å². The van der Waals surface area contributed by atoms with Crippen LogP contribution >= 0.6 is 22.9 Å². The summed E-state index contributed by atoms with van der Waals surface area (Å²) in [6.07, 6.45) is 1.15. The van der Waals surface area contributed by atoms with E-state index in [9.17, 15) is 0 Å². The lowest BCUT2D eigenvalue weighted by atomic mass is 10.0. The van der Waals surface area contributed by atoms with Crippen molar-refractivity contribution in [2.45, 2.75) is 40.2 Å². The molecule has 0 saturated carbocycles. The summed E-state index contributed by atoms with van der Waals surface area (Å²) in [5.74, 6) is 1.17. The number of aromatic nitrogens is 2. The quantitative estimate of drug-likeness (QED) is 0.875. The predicted octanol–water partition coefficient (Wildman–Crippen LogP) is 4.00. The lowest BCUT2D eigenvalue weighted by Gasteiger charge is -2.20. The maximum Gasteiger partial charge on any atom is 0.148 e. The van der Waals surface area contributed by atoms with Crippen molar-refractivity contribution in [1.29, 1.82) is 0 Å². The number of nitrogens with one attached hydrogen (secondary N) is 1. The molecule has 0 aliphatic heterocycles. The van der Waals surface area contributed by atoms with Crippen molar-refractivity contribution in [3.05, 3.63) is 10.4 Å². The molecule has 2 rings (SSSR count). The van der Waals surface area contributed by atoms with E-state index in [0.29, 0.717) is 17.8 Å². The molecule has 0 bridgehead atoms. The van der Waals surface area contributed by atoms with E-state index in [2.05, 4.69) is 35.4 Å². The molecule has 0 spiro atoms. The van der Waals surface area contributed by atoms with Gasteiger partial charge < -0.3 is 11.1 Å². The average molecular weight is 296 g/mol. The molecule has 104 valence electrons. The minimum atomic E-state index is 0.392. The van der Waals surface area contributed by atoms with Crippen LogP contribution in [-0.2, 0) is 0 Å². The number of rotatable bonds is 5. The average Bonchev–Trinajstić information content (AvgIpc) is 2.95. The van der Waals surface area contributed by atoms with Crippen LogP contribution in [0.5, 0.6) is 0 Å². The van der Waals surface area contributed by atoms with E-state index in [4.69, 9.17) is 5.73 Å². The zero-order valence-corrected chi connectivity index (χ0v) is 13.4. The Kier molecular flexibility index (Phi) is 4.42. The van der Waals surface area contributed by atoms with Crippen LogP contribution in [0.15, 0.2) is 5.38 Å². The summed E-state index contributed by atoms with van der Waals surface area (Å²) < 4.78 is 4.26. The summed E-state index contributed by atoms with van der Waals surface area (Å²) in [4.78, 5) is 4.51. The normalized spacial score (nSPS) is 14.3. The molecule has 2 unspecified atom stereocenters. The van der Waals surface area contributed by atoms with E-state index >= 15 is 0 Å². The fraction of sp³-hybridized carbons (Fsp3) is 0.538. The summed E-state index contributed by atoms with van der Waals surface area (Å²) in [5.41, 5.74) is 7.86. The van der Waals surface area contributed by atoms with Gasteiger partial charge in [-0.25, -0.2) is 4.98 Å². The highest BCUT2D eigenvalue weighted by Crippen LogP contribution is 2.37. The van der Waals surface area contributed by atoms with Gasteiger partial charge in [0, 0.05) is 11.4 Å². The molecule has 0 fully saturated rings. The predicted molar refractivity (Wildman–Crippen MR) is 84.9 cm³/mol. The molecule has 0 aromatic carbocycles. The molecule has 0 aliphatic carbocycles. The van der Waals surface area contributed by atoms with E-state index in [1.165, 1.54) is 11.5 Å². The zero-order chi connectivity index (χ0) is 14.0. The minimum Gasteiger partial charge on any atom is -0.382 e. The maximum absolute atomic E-state index is 5.99. The first kappa shape index (κ1) is 14.3. The molecule has 0 saturated heterocycles. The van der Waals surface area contributed by atoms with Gasteiger partial charge in [-0.3, -0.25) is 0 Å². The number of hydrogen-bond donors (Lipinski definition) is 2. The highest BCUT2D eigenvalue weighted by atomic mass is 32.1. The fourth-order valence-corrected chi connectivity index (χ4v) is 3.25. The second kappa shape index (κ2) is 5.88. The summed E-state index contributed by atoms with van der Waals surface area (Å²) >= 11 is 3.05. The second-order valence-corrected chi connectivity index (χ2v) is 6.68. The van der Waals surface area contributed by atoms with Crippen LogP contribution in [-0.4, -0.2) is 15.4 Å². The van der Waals surface area contributed by atoms with Gasteiger partial charge in [-0.05, 0) is 31.3 Å². The van der Waals surface area contributed by atoms with Gasteiger partial charge in [0.05, 0.1) is 16.3 Å². The molecule has 19 heavy (non-hydrogen) atoms.